The highest BCUT2D eigenvalue weighted by molar-refractivity contribution is 5.56. The molecule has 0 aliphatic rings. The van der Waals surface area contributed by atoms with E-state index < -0.39 is 0 Å². The first-order valence-electron chi connectivity index (χ1n) is 5.33. The fourth-order valence-electron chi connectivity index (χ4n) is 1.71. The monoisotopic (exact) mass is 222 g/mol. The third-order valence-corrected chi connectivity index (χ3v) is 2.48. The molecule has 4 heteroatoms. The summed E-state index contributed by atoms with van der Waals surface area (Å²) in [6.07, 6.45) is 3.42. The van der Waals surface area contributed by atoms with Gasteiger partial charge >= 0.3 is 0 Å². The number of hydrogen-bond acceptors (Lipinski definition) is 3. The Kier molecular flexibility index (Phi) is 2.38. The Balaban J connectivity index is 2.13. The van der Waals surface area contributed by atoms with Gasteiger partial charge in [-0.25, -0.2) is 4.68 Å². The van der Waals surface area contributed by atoms with Gasteiger partial charge in [0.25, 0.3) is 0 Å². The van der Waals surface area contributed by atoms with Gasteiger partial charge in [0.15, 0.2) is 0 Å². The molecule has 3 aromatic rings. The standard InChI is InChI=1S/C13H10N4/c1-2-5-11(6-3-1)17-13(8-10-15-17)12-7-4-9-14-16-12/h1-10H. The van der Waals surface area contributed by atoms with E-state index in [1.54, 1.807) is 12.4 Å². The molecule has 4 nitrogen and oxygen atoms in total. The highest BCUT2D eigenvalue weighted by atomic mass is 15.3. The Labute approximate surface area is 98.6 Å². The van der Waals surface area contributed by atoms with E-state index >= 15 is 0 Å². The molecule has 0 atom stereocenters. The smallest absolute Gasteiger partial charge is 0.111 e. The number of para-hydroxylation sites is 1. The third-order valence-electron chi connectivity index (χ3n) is 2.48. The lowest BCUT2D eigenvalue weighted by molar-refractivity contribution is 0.877. The zero-order chi connectivity index (χ0) is 11.5. The van der Waals surface area contributed by atoms with Gasteiger partial charge in [-0.2, -0.15) is 10.2 Å². The Morgan fingerprint density at radius 2 is 1.71 bits per heavy atom. The molecule has 0 amide bonds. The molecule has 3 rings (SSSR count). The quantitative estimate of drug-likeness (QED) is 0.668. The minimum absolute atomic E-state index is 0.814. The lowest BCUT2D eigenvalue weighted by Gasteiger charge is -2.05. The van der Waals surface area contributed by atoms with Crippen LogP contribution < -0.4 is 0 Å². The lowest BCUT2D eigenvalue weighted by atomic mass is 10.2. The van der Waals surface area contributed by atoms with Gasteiger partial charge < -0.3 is 0 Å². The van der Waals surface area contributed by atoms with Gasteiger partial charge in [0.2, 0.25) is 0 Å². The lowest BCUT2D eigenvalue weighted by Crippen LogP contribution is -1.99. The van der Waals surface area contributed by atoms with E-state index in [1.165, 1.54) is 0 Å². The van der Waals surface area contributed by atoms with E-state index in [0.29, 0.717) is 0 Å². The van der Waals surface area contributed by atoms with Gasteiger partial charge in [-0.3, -0.25) is 0 Å². The van der Waals surface area contributed by atoms with Crippen LogP contribution in [0.15, 0.2) is 60.9 Å². The Hall–Kier alpha value is -2.49. The molecule has 0 aliphatic carbocycles. The number of benzene rings is 1. The van der Waals surface area contributed by atoms with Crippen molar-refractivity contribution in [3.05, 3.63) is 60.9 Å². The first-order chi connectivity index (χ1) is 8.45. The highest BCUT2D eigenvalue weighted by Gasteiger charge is 2.07. The molecule has 0 fully saturated rings. The van der Waals surface area contributed by atoms with Crippen molar-refractivity contribution in [2.24, 2.45) is 0 Å². The molecule has 0 unspecified atom stereocenters. The number of aromatic nitrogens is 4. The molecule has 0 saturated heterocycles. The van der Waals surface area contributed by atoms with Gasteiger partial charge in [0, 0.05) is 6.20 Å². The van der Waals surface area contributed by atoms with E-state index in [-0.39, 0.29) is 0 Å². The average molecular weight is 222 g/mol. The summed E-state index contributed by atoms with van der Waals surface area (Å²) in [7, 11) is 0. The largest absolute Gasteiger partial charge is 0.231 e. The summed E-state index contributed by atoms with van der Waals surface area (Å²) >= 11 is 0. The summed E-state index contributed by atoms with van der Waals surface area (Å²) in [6.45, 7) is 0. The van der Waals surface area contributed by atoms with Crippen LogP contribution in [0.5, 0.6) is 0 Å². The van der Waals surface area contributed by atoms with Crippen molar-refractivity contribution in [1.29, 1.82) is 0 Å². The summed E-state index contributed by atoms with van der Waals surface area (Å²) < 4.78 is 1.85. The molecule has 17 heavy (non-hydrogen) atoms. The van der Waals surface area contributed by atoms with Crippen LogP contribution in [-0.2, 0) is 0 Å². The summed E-state index contributed by atoms with van der Waals surface area (Å²) in [5.74, 6) is 0. The van der Waals surface area contributed by atoms with E-state index in [1.807, 2.05) is 53.2 Å². The predicted octanol–water partition coefficient (Wildman–Crippen LogP) is 2.33. The zero-order valence-electron chi connectivity index (χ0n) is 9.06. The average Bonchev–Trinajstić information content (AvgIpc) is 2.90. The Morgan fingerprint density at radius 1 is 0.824 bits per heavy atom. The van der Waals surface area contributed by atoms with Crippen LogP contribution in [0.3, 0.4) is 0 Å². The summed E-state index contributed by atoms with van der Waals surface area (Å²) in [5, 5.41) is 12.3. The van der Waals surface area contributed by atoms with E-state index in [2.05, 4.69) is 15.3 Å². The van der Waals surface area contributed by atoms with Crippen molar-refractivity contribution in [3.63, 3.8) is 0 Å². The maximum atomic E-state index is 4.31. The molecule has 0 radical (unpaired) electrons. The van der Waals surface area contributed by atoms with Crippen LogP contribution in [0.1, 0.15) is 0 Å². The van der Waals surface area contributed by atoms with Crippen LogP contribution in [0, 0.1) is 0 Å². The molecule has 0 saturated carbocycles. The van der Waals surface area contributed by atoms with Crippen molar-refractivity contribution in [2.75, 3.05) is 0 Å². The van der Waals surface area contributed by atoms with Crippen molar-refractivity contribution in [3.8, 4) is 17.1 Å². The van der Waals surface area contributed by atoms with Crippen LogP contribution in [0.25, 0.3) is 17.1 Å². The minimum Gasteiger partial charge on any atom is -0.231 e. The second kappa shape index (κ2) is 4.17. The second-order valence-electron chi connectivity index (χ2n) is 3.57. The molecule has 82 valence electrons. The van der Waals surface area contributed by atoms with Crippen molar-refractivity contribution in [2.45, 2.75) is 0 Å². The topological polar surface area (TPSA) is 43.6 Å². The summed E-state index contributed by atoms with van der Waals surface area (Å²) in [5.41, 5.74) is 2.76. The molecule has 0 bridgehead atoms. The summed E-state index contributed by atoms with van der Waals surface area (Å²) in [6, 6.07) is 15.7. The van der Waals surface area contributed by atoms with E-state index in [4.69, 9.17) is 0 Å². The molecule has 2 aromatic heterocycles. The fourth-order valence-corrected chi connectivity index (χ4v) is 1.71. The van der Waals surface area contributed by atoms with Crippen molar-refractivity contribution >= 4 is 0 Å². The predicted molar refractivity (Wildman–Crippen MR) is 64.6 cm³/mol. The number of rotatable bonds is 2. The molecule has 2 heterocycles. The zero-order valence-corrected chi connectivity index (χ0v) is 9.06. The van der Waals surface area contributed by atoms with Crippen LogP contribution in [0.2, 0.25) is 0 Å². The maximum Gasteiger partial charge on any atom is 0.111 e. The first kappa shape index (κ1) is 9.72. The van der Waals surface area contributed by atoms with E-state index in [0.717, 1.165) is 17.1 Å². The van der Waals surface area contributed by atoms with Crippen molar-refractivity contribution < 1.29 is 0 Å². The minimum atomic E-state index is 0.814. The third kappa shape index (κ3) is 1.80. The molecular weight excluding hydrogens is 212 g/mol. The van der Waals surface area contributed by atoms with Crippen molar-refractivity contribution in [1.82, 2.24) is 20.0 Å². The highest BCUT2D eigenvalue weighted by Crippen LogP contribution is 2.19. The Bertz CT molecular complexity index is 548. The molecule has 0 spiro atoms. The van der Waals surface area contributed by atoms with Gasteiger partial charge in [-0.05, 0) is 30.3 Å². The van der Waals surface area contributed by atoms with Gasteiger partial charge in [0.05, 0.1) is 17.6 Å². The van der Waals surface area contributed by atoms with Gasteiger partial charge in [-0.1, -0.05) is 18.2 Å². The number of hydrogen-bond donors (Lipinski definition) is 0. The van der Waals surface area contributed by atoms with Crippen LogP contribution in [0.4, 0.5) is 0 Å². The van der Waals surface area contributed by atoms with E-state index in [9.17, 15) is 0 Å². The van der Waals surface area contributed by atoms with Gasteiger partial charge in [-0.15, -0.1) is 5.10 Å². The van der Waals surface area contributed by atoms with Gasteiger partial charge in [0.1, 0.15) is 5.69 Å². The summed E-state index contributed by atoms with van der Waals surface area (Å²) in [4.78, 5) is 0. The Morgan fingerprint density at radius 3 is 2.47 bits per heavy atom. The molecule has 0 aliphatic heterocycles. The molecular formula is C13H10N4. The second-order valence-corrected chi connectivity index (χ2v) is 3.57. The fraction of sp³-hybridized carbons (Fsp3) is 0. The first-order valence-corrected chi connectivity index (χ1v) is 5.33. The normalized spacial score (nSPS) is 10.4. The number of nitrogens with zero attached hydrogens (tertiary/aromatic N) is 4. The van der Waals surface area contributed by atoms with Crippen LogP contribution >= 0.6 is 0 Å². The molecule has 1 aromatic carbocycles. The van der Waals surface area contributed by atoms with Crippen LogP contribution in [-0.4, -0.2) is 20.0 Å². The SMILES string of the molecule is c1ccc(-n2nccc2-c2cccnn2)cc1. The molecule has 0 N–H and O–H groups in total. The maximum absolute atomic E-state index is 4.31.